The number of alkyl halides is 1. The van der Waals surface area contributed by atoms with Crippen LogP contribution in [0.1, 0.15) is 64.2 Å². The van der Waals surface area contributed by atoms with E-state index in [9.17, 15) is 4.79 Å². The number of rotatable bonds is 7. The van der Waals surface area contributed by atoms with Crippen molar-refractivity contribution in [3.8, 4) is 0 Å². The van der Waals surface area contributed by atoms with Crippen LogP contribution < -0.4 is 5.32 Å². The van der Waals surface area contributed by atoms with Crippen LogP contribution in [0.4, 0.5) is 0 Å². The van der Waals surface area contributed by atoms with Crippen molar-refractivity contribution in [1.82, 2.24) is 5.32 Å². The van der Waals surface area contributed by atoms with Gasteiger partial charge in [-0.2, -0.15) is 0 Å². The fraction of sp³-hybridized carbons (Fsp3) is 0.929. The number of nitrogens with one attached hydrogen (secondary N) is 1. The van der Waals surface area contributed by atoms with Gasteiger partial charge in [0.15, 0.2) is 0 Å². The van der Waals surface area contributed by atoms with Crippen LogP contribution in [0.5, 0.6) is 0 Å². The van der Waals surface area contributed by atoms with Gasteiger partial charge in [-0.05, 0) is 36.0 Å². The lowest BCUT2D eigenvalue weighted by molar-refractivity contribution is -0.122. The van der Waals surface area contributed by atoms with Crippen LogP contribution in [0.15, 0.2) is 0 Å². The second-order valence-electron chi connectivity index (χ2n) is 5.16. The molecule has 0 bridgehead atoms. The van der Waals surface area contributed by atoms with Gasteiger partial charge in [0.1, 0.15) is 0 Å². The molecule has 1 amide bonds. The predicted octanol–water partition coefficient (Wildman–Crippen LogP) is 4.07. The molecule has 2 nitrogen and oxygen atoms in total. The smallest absolute Gasteiger partial charge is 0.220 e. The normalized spacial score (nSPS) is 17.7. The van der Waals surface area contributed by atoms with Gasteiger partial charge in [0.05, 0.1) is 0 Å². The van der Waals surface area contributed by atoms with Crippen molar-refractivity contribution in [2.24, 2.45) is 5.92 Å². The van der Waals surface area contributed by atoms with Crippen LogP contribution in [0, 0.1) is 5.92 Å². The van der Waals surface area contributed by atoms with Gasteiger partial charge in [-0.1, -0.05) is 54.7 Å². The van der Waals surface area contributed by atoms with Gasteiger partial charge in [0.25, 0.3) is 0 Å². The highest BCUT2D eigenvalue weighted by Gasteiger charge is 2.15. The molecule has 0 aromatic heterocycles. The zero-order valence-corrected chi connectivity index (χ0v) is 13.0. The maximum absolute atomic E-state index is 11.7. The Bertz CT molecular complexity index is 200. The molecule has 0 aromatic rings. The Hall–Kier alpha value is 0.200. The summed E-state index contributed by atoms with van der Waals surface area (Å²) in [6, 6.07) is 0. The highest BCUT2D eigenvalue weighted by Crippen LogP contribution is 2.25. The SMILES string of the molecule is O=C(CC1CCCCCC1)NCCCCCI. The van der Waals surface area contributed by atoms with Crippen LogP contribution in [0.25, 0.3) is 0 Å². The summed E-state index contributed by atoms with van der Waals surface area (Å²) in [5.74, 6) is 0.943. The third-order valence-electron chi connectivity index (χ3n) is 3.58. The first-order valence-electron chi connectivity index (χ1n) is 7.15. The van der Waals surface area contributed by atoms with Gasteiger partial charge in [0, 0.05) is 13.0 Å². The molecule has 1 aliphatic rings. The first kappa shape index (κ1) is 15.3. The number of halogens is 1. The molecule has 0 aromatic carbocycles. The van der Waals surface area contributed by atoms with E-state index in [1.807, 2.05) is 0 Å². The lowest BCUT2D eigenvalue weighted by Gasteiger charge is -2.13. The van der Waals surface area contributed by atoms with E-state index >= 15 is 0 Å². The highest BCUT2D eigenvalue weighted by atomic mass is 127. The summed E-state index contributed by atoms with van der Waals surface area (Å²) in [5.41, 5.74) is 0. The topological polar surface area (TPSA) is 29.1 Å². The molecule has 0 spiro atoms. The molecule has 17 heavy (non-hydrogen) atoms. The van der Waals surface area contributed by atoms with Gasteiger partial charge in [0.2, 0.25) is 5.91 Å². The van der Waals surface area contributed by atoms with E-state index < -0.39 is 0 Å². The summed E-state index contributed by atoms with van der Waals surface area (Å²) in [6.45, 7) is 0.877. The van der Waals surface area contributed by atoms with Gasteiger partial charge in [-0.25, -0.2) is 0 Å². The van der Waals surface area contributed by atoms with Crippen molar-refractivity contribution in [2.45, 2.75) is 64.2 Å². The van der Waals surface area contributed by atoms with E-state index in [1.54, 1.807) is 0 Å². The molecule has 1 N–H and O–H groups in total. The van der Waals surface area contributed by atoms with Gasteiger partial charge >= 0.3 is 0 Å². The monoisotopic (exact) mass is 351 g/mol. The second-order valence-corrected chi connectivity index (χ2v) is 6.24. The van der Waals surface area contributed by atoms with Gasteiger partial charge in [-0.15, -0.1) is 0 Å². The van der Waals surface area contributed by atoms with Crippen molar-refractivity contribution < 1.29 is 4.79 Å². The average Bonchev–Trinajstić information content (AvgIpc) is 2.57. The van der Waals surface area contributed by atoms with Gasteiger partial charge in [-0.3, -0.25) is 4.79 Å². The number of amides is 1. The third-order valence-corrected chi connectivity index (χ3v) is 4.34. The zero-order chi connectivity index (χ0) is 12.3. The van der Waals surface area contributed by atoms with E-state index in [4.69, 9.17) is 0 Å². The average molecular weight is 351 g/mol. The van der Waals surface area contributed by atoms with E-state index in [1.165, 1.54) is 55.8 Å². The summed E-state index contributed by atoms with van der Waals surface area (Å²) >= 11 is 2.41. The highest BCUT2D eigenvalue weighted by molar-refractivity contribution is 14.1. The van der Waals surface area contributed by atoms with Crippen molar-refractivity contribution in [1.29, 1.82) is 0 Å². The summed E-state index contributed by atoms with van der Waals surface area (Å²) < 4.78 is 1.23. The molecule has 100 valence electrons. The van der Waals surface area contributed by atoms with Crippen molar-refractivity contribution in [3.63, 3.8) is 0 Å². The quantitative estimate of drug-likeness (QED) is 0.319. The van der Waals surface area contributed by atoms with E-state index in [0.29, 0.717) is 5.92 Å². The van der Waals surface area contributed by atoms with Crippen LogP contribution in [-0.4, -0.2) is 16.9 Å². The number of hydrogen-bond donors (Lipinski definition) is 1. The van der Waals surface area contributed by atoms with E-state index in [0.717, 1.165) is 19.4 Å². The number of carbonyl (C=O) groups is 1. The first-order valence-corrected chi connectivity index (χ1v) is 8.68. The van der Waals surface area contributed by atoms with Crippen LogP contribution in [0.2, 0.25) is 0 Å². The fourth-order valence-electron chi connectivity index (χ4n) is 2.53. The molecule has 1 fully saturated rings. The second kappa shape index (κ2) is 10.2. The maximum Gasteiger partial charge on any atom is 0.220 e. The molecular formula is C14H26INO. The maximum atomic E-state index is 11.7. The molecule has 0 saturated heterocycles. The van der Waals surface area contributed by atoms with Crippen molar-refractivity contribution in [2.75, 3.05) is 11.0 Å². The van der Waals surface area contributed by atoms with Crippen LogP contribution in [0.3, 0.4) is 0 Å². The van der Waals surface area contributed by atoms with E-state index in [-0.39, 0.29) is 5.91 Å². The lowest BCUT2D eigenvalue weighted by Crippen LogP contribution is -2.26. The Morgan fingerprint density at radius 1 is 1.06 bits per heavy atom. The van der Waals surface area contributed by atoms with Crippen molar-refractivity contribution >= 4 is 28.5 Å². The minimum Gasteiger partial charge on any atom is -0.356 e. The Balaban J connectivity index is 2.03. The molecule has 0 atom stereocenters. The number of carbonyl (C=O) groups excluding carboxylic acids is 1. The third kappa shape index (κ3) is 8.01. The number of hydrogen-bond acceptors (Lipinski definition) is 1. The molecular weight excluding hydrogens is 325 g/mol. The Kier molecular flexibility index (Phi) is 9.11. The molecule has 0 unspecified atom stereocenters. The molecule has 1 aliphatic carbocycles. The fourth-order valence-corrected chi connectivity index (χ4v) is 3.07. The minimum absolute atomic E-state index is 0.284. The molecule has 1 rings (SSSR count). The molecule has 0 radical (unpaired) electrons. The van der Waals surface area contributed by atoms with Crippen LogP contribution in [-0.2, 0) is 4.79 Å². The Labute approximate surface area is 119 Å². The Morgan fingerprint density at radius 2 is 1.76 bits per heavy atom. The van der Waals surface area contributed by atoms with E-state index in [2.05, 4.69) is 27.9 Å². The zero-order valence-electron chi connectivity index (χ0n) is 10.8. The molecule has 1 saturated carbocycles. The molecule has 0 heterocycles. The summed E-state index contributed by atoms with van der Waals surface area (Å²) in [5, 5.41) is 3.07. The van der Waals surface area contributed by atoms with Crippen molar-refractivity contribution in [3.05, 3.63) is 0 Å². The summed E-state index contributed by atoms with van der Waals surface area (Å²) in [7, 11) is 0. The predicted molar refractivity (Wildman–Crippen MR) is 81.6 cm³/mol. The van der Waals surface area contributed by atoms with Crippen LogP contribution >= 0.6 is 22.6 Å². The molecule has 0 aliphatic heterocycles. The largest absolute Gasteiger partial charge is 0.356 e. The molecule has 3 heteroatoms. The first-order chi connectivity index (χ1) is 8.33. The standard InChI is InChI=1S/C14H26INO/c15-10-6-3-7-11-16-14(17)12-13-8-4-1-2-5-9-13/h13H,1-12H2,(H,16,17). The lowest BCUT2D eigenvalue weighted by atomic mass is 9.96. The van der Waals surface area contributed by atoms with Gasteiger partial charge < -0.3 is 5.32 Å². The summed E-state index contributed by atoms with van der Waals surface area (Å²) in [6.07, 6.45) is 12.4. The minimum atomic E-state index is 0.284. The number of unbranched alkanes of at least 4 members (excludes halogenated alkanes) is 2. The Morgan fingerprint density at radius 3 is 2.41 bits per heavy atom. The summed E-state index contributed by atoms with van der Waals surface area (Å²) in [4.78, 5) is 11.7.